The van der Waals surface area contributed by atoms with Gasteiger partial charge in [-0.15, -0.1) is 0 Å². The van der Waals surface area contributed by atoms with Gasteiger partial charge in [0.1, 0.15) is 18.3 Å². The summed E-state index contributed by atoms with van der Waals surface area (Å²) in [5.74, 6) is 0. The third kappa shape index (κ3) is 3.07. The minimum absolute atomic E-state index is 0.198. The quantitative estimate of drug-likeness (QED) is 0.808. The van der Waals surface area contributed by atoms with Crippen LogP contribution in [0.3, 0.4) is 0 Å². The summed E-state index contributed by atoms with van der Waals surface area (Å²) in [5.41, 5.74) is 1.01. The second-order valence-electron chi connectivity index (χ2n) is 4.25. The Kier molecular flexibility index (Phi) is 4.68. The number of ether oxygens (including phenoxy) is 3. The van der Waals surface area contributed by atoms with E-state index in [1.165, 1.54) is 7.11 Å². The maximum absolute atomic E-state index is 9.88. The number of rotatable bonds is 4. The summed E-state index contributed by atoms with van der Waals surface area (Å²) in [5, 5.41) is 19.6. The Morgan fingerprint density at radius 3 is 2.61 bits per heavy atom. The van der Waals surface area contributed by atoms with Crippen LogP contribution in [-0.4, -0.2) is 48.5 Å². The summed E-state index contributed by atoms with van der Waals surface area (Å²) in [6.45, 7) is 0.569. The average molecular weight is 254 g/mol. The van der Waals surface area contributed by atoms with Crippen LogP contribution in [0.15, 0.2) is 30.3 Å². The topological polar surface area (TPSA) is 68.2 Å². The molecule has 0 bridgehead atoms. The van der Waals surface area contributed by atoms with Crippen molar-refractivity contribution in [3.63, 3.8) is 0 Å². The van der Waals surface area contributed by atoms with Gasteiger partial charge in [0, 0.05) is 7.11 Å². The molecule has 1 aromatic carbocycles. The molecule has 0 amide bonds. The Morgan fingerprint density at radius 1 is 1.22 bits per heavy atom. The fourth-order valence-corrected chi connectivity index (χ4v) is 1.90. The maximum atomic E-state index is 9.88. The number of hydrogen-bond acceptors (Lipinski definition) is 5. The molecule has 0 aliphatic carbocycles. The Morgan fingerprint density at radius 2 is 1.94 bits per heavy atom. The van der Waals surface area contributed by atoms with Crippen molar-refractivity contribution in [1.82, 2.24) is 0 Å². The number of aliphatic hydroxyl groups excluding tert-OH is 2. The Balaban J connectivity index is 1.87. The summed E-state index contributed by atoms with van der Waals surface area (Å²) < 4.78 is 15.7. The average Bonchev–Trinajstić information content (AvgIpc) is 2.42. The van der Waals surface area contributed by atoms with Crippen molar-refractivity contribution in [2.75, 3.05) is 13.7 Å². The van der Waals surface area contributed by atoms with Crippen molar-refractivity contribution in [2.45, 2.75) is 31.2 Å². The van der Waals surface area contributed by atoms with Gasteiger partial charge < -0.3 is 24.4 Å². The van der Waals surface area contributed by atoms with Crippen LogP contribution in [0.5, 0.6) is 0 Å². The Bertz CT molecular complexity index is 356. The zero-order valence-electron chi connectivity index (χ0n) is 10.2. The maximum Gasteiger partial charge on any atom is 0.185 e. The van der Waals surface area contributed by atoms with E-state index >= 15 is 0 Å². The van der Waals surface area contributed by atoms with Gasteiger partial charge in [-0.05, 0) is 5.56 Å². The van der Waals surface area contributed by atoms with Crippen LogP contribution in [-0.2, 0) is 20.8 Å². The molecule has 2 rings (SSSR count). The van der Waals surface area contributed by atoms with Gasteiger partial charge in [0.25, 0.3) is 0 Å². The molecule has 0 saturated carbocycles. The molecule has 1 fully saturated rings. The van der Waals surface area contributed by atoms with E-state index in [1.54, 1.807) is 0 Å². The summed E-state index contributed by atoms with van der Waals surface area (Å²) in [6, 6.07) is 9.63. The monoisotopic (exact) mass is 254 g/mol. The zero-order valence-corrected chi connectivity index (χ0v) is 10.2. The summed E-state index contributed by atoms with van der Waals surface area (Å²) in [7, 11) is 1.42. The first-order chi connectivity index (χ1) is 8.72. The highest BCUT2D eigenvalue weighted by Gasteiger charge is 2.39. The van der Waals surface area contributed by atoms with E-state index in [9.17, 15) is 10.2 Å². The SMILES string of the molecule is COC1OCC(OCc2ccccc2)C(O)C1O. The highest BCUT2D eigenvalue weighted by molar-refractivity contribution is 5.13. The lowest BCUT2D eigenvalue weighted by molar-refractivity contribution is -0.270. The Hall–Kier alpha value is -0.980. The largest absolute Gasteiger partial charge is 0.387 e. The lowest BCUT2D eigenvalue weighted by Gasteiger charge is -2.36. The fraction of sp³-hybridized carbons (Fsp3) is 0.538. The lowest BCUT2D eigenvalue weighted by atomic mass is 10.1. The second kappa shape index (κ2) is 6.26. The van der Waals surface area contributed by atoms with E-state index in [-0.39, 0.29) is 6.61 Å². The molecule has 18 heavy (non-hydrogen) atoms. The van der Waals surface area contributed by atoms with Gasteiger partial charge in [0.15, 0.2) is 6.29 Å². The van der Waals surface area contributed by atoms with Crippen LogP contribution < -0.4 is 0 Å². The van der Waals surface area contributed by atoms with Crippen LogP contribution >= 0.6 is 0 Å². The van der Waals surface area contributed by atoms with Gasteiger partial charge >= 0.3 is 0 Å². The van der Waals surface area contributed by atoms with E-state index in [0.717, 1.165) is 5.56 Å². The third-order valence-electron chi connectivity index (χ3n) is 2.97. The van der Waals surface area contributed by atoms with Crippen LogP contribution in [0, 0.1) is 0 Å². The van der Waals surface area contributed by atoms with E-state index in [4.69, 9.17) is 14.2 Å². The predicted octanol–water partition coefficient (Wildman–Crippen LogP) is 0.296. The molecule has 4 unspecified atom stereocenters. The molecular formula is C13H18O5. The highest BCUT2D eigenvalue weighted by atomic mass is 16.7. The summed E-state index contributed by atoms with van der Waals surface area (Å²) in [4.78, 5) is 0. The summed E-state index contributed by atoms with van der Waals surface area (Å²) >= 11 is 0. The van der Waals surface area contributed by atoms with Crippen LogP contribution in [0.2, 0.25) is 0 Å². The van der Waals surface area contributed by atoms with Gasteiger partial charge in [-0.1, -0.05) is 30.3 Å². The number of aliphatic hydroxyl groups is 2. The number of benzene rings is 1. The first kappa shape index (κ1) is 13.5. The van der Waals surface area contributed by atoms with Gasteiger partial charge in [0.05, 0.1) is 13.2 Å². The highest BCUT2D eigenvalue weighted by Crippen LogP contribution is 2.19. The molecule has 100 valence electrons. The Labute approximate surface area is 106 Å². The normalized spacial score (nSPS) is 32.4. The number of methoxy groups -OCH3 is 1. The molecule has 1 aliphatic rings. The standard InChI is InChI=1S/C13H18O5/c1-16-13-12(15)11(14)10(8-18-13)17-7-9-5-3-2-4-6-9/h2-6,10-15H,7-8H2,1H3. The third-order valence-corrected chi connectivity index (χ3v) is 2.97. The van der Waals surface area contributed by atoms with Crippen molar-refractivity contribution in [1.29, 1.82) is 0 Å². The zero-order chi connectivity index (χ0) is 13.0. The number of hydrogen-bond donors (Lipinski definition) is 2. The molecule has 0 radical (unpaired) electrons. The second-order valence-corrected chi connectivity index (χ2v) is 4.25. The van der Waals surface area contributed by atoms with E-state index in [2.05, 4.69) is 0 Å². The minimum atomic E-state index is -1.09. The molecule has 1 heterocycles. The smallest absolute Gasteiger partial charge is 0.185 e. The molecule has 2 N–H and O–H groups in total. The van der Waals surface area contributed by atoms with E-state index < -0.39 is 24.6 Å². The van der Waals surface area contributed by atoms with Crippen molar-refractivity contribution in [3.8, 4) is 0 Å². The molecule has 1 aliphatic heterocycles. The molecule has 1 aromatic rings. The molecule has 4 atom stereocenters. The van der Waals surface area contributed by atoms with E-state index in [0.29, 0.717) is 6.61 Å². The van der Waals surface area contributed by atoms with Gasteiger partial charge in [-0.2, -0.15) is 0 Å². The van der Waals surface area contributed by atoms with Crippen LogP contribution in [0.25, 0.3) is 0 Å². The lowest BCUT2D eigenvalue weighted by Crippen LogP contribution is -2.54. The molecule has 0 aromatic heterocycles. The van der Waals surface area contributed by atoms with Crippen molar-refractivity contribution < 1.29 is 24.4 Å². The first-order valence-corrected chi connectivity index (χ1v) is 5.88. The molecular weight excluding hydrogens is 236 g/mol. The minimum Gasteiger partial charge on any atom is -0.387 e. The fourth-order valence-electron chi connectivity index (χ4n) is 1.90. The van der Waals surface area contributed by atoms with Crippen molar-refractivity contribution >= 4 is 0 Å². The van der Waals surface area contributed by atoms with Gasteiger partial charge in [0.2, 0.25) is 0 Å². The summed E-state index contributed by atoms with van der Waals surface area (Å²) in [6.07, 6.45) is -3.44. The van der Waals surface area contributed by atoms with Crippen molar-refractivity contribution in [3.05, 3.63) is 35.9 Å². The van der Waals surface area contributed by atoms with Crippen LogP contribution in [0.4, 0.5) is 0 Å². The van der Waals surface area contributed by atoms with Gasteiger partial charge in [-0.3, -0.25) is 0 Å². The molecule has 0 spiro atoms. The molecule has 5 heteroatoms. The van der Waals surface area contributed by atoms with Gasteiger partial charge in [-0.25, -0.2) is 0 Å². The van der Waals surface area contributed by atoms with Crippen molar-refractivity contribution in [2.24, 2.45) is 0 Å². The predicted molar refractivity (Wildman–Crippen MR) is 63.8 cm³/mol. The van der Waals surface area contributed by atoms with Crippen LogP contribution in [0.1, 0.15) is 5.56 Å². The molecule has 5 nitrogen and oxygen atoms in total. The first-order valence-electron chi connectivity index (χ1n) is 5.88. The van der Waals surface area contributed by atoms with E-state index in [1.807, 2.05) is 30.3 Å². The molecule has 1 saturated heterocycles.